The van der Waals surface area contributed by atoms with Crippen LogP contribution in [0, 0.1) is 5.41 Å². The Bertz CT molecular complexity index is 867. The molecule has 6 nitrogen and oxygen atoms in total. The second kappa shape index (κ2) is 10.0. The van der Waals surface area contributed by atoms with Gasteiger partial charge in [0.05, 0.1) is 6.04 Å². The van der Waals surface area contributed by atoms with E-state index >= 15 is 0 Å². The van der Waals surface area contributed by atoms with Gasteiger partial charge >= 0.3 is 0 Å². The molecule has 1 unspecified atom stereocenters. The van der Waals surface area contributed by atoms with E-state index in [2.05, 4.69) is 31.1 Å². The Morgan fingerprint density at radius 1 is 1.20 bits per heavy atom. The van der Waals surface area contributed by atoms with Crippen molar-refractivity contribution in [3.63, 3.8) is 0 Å². The van der Waals surface area contributed by atoms with Crippen molar-refractivity contribution in [2.75, 3.05) is 33.2 Å². The molecule has 1 aliphatic rings. The van der Waals surface area contributed by atoms with Gasteiger partial charge in [-0.3, -0.25) is 14.6 Å². The summed E-state index contributed by atoms with van der Waals surface area (Å²) in [5.41, 5.74) is 2.09. The normalized spacial score (nSPS) is 16.5. The van der Waals surface area contributed by atoms with Gasteiger partial charge in [-0.1, -0.05) is 32.9 Å². The predicted octanol–water partition coefficient (Wildman–Crippen LogP) is 3.41. The molecule has 0 aliphatic carbocycles. The van der Waals surface area contributed by atoms with Gasteiger partial charge in [0.15, 0.2) is 0 Å². The number of aromatic nitrogens is 1. The average Bonchev–Trinajstić information content (AvgIpc) is 2.72. The zero-order valence-corrected chi connectivity index (χ0v) is 18.9. The second-order valence-electron chi connectivity index (χ2n) is 8.81. The third-order valence-corrected chi connectivity index (χ3v) is 4.99. The molecule has 1 N–H and O–H groups in total. The highest BCUT2D eigenvalue weighted by atomic mass is 35.5. The molecule has 2 amide bonds. The van der Waals surface area contributed by atoms with Gasteiger partial charge in [-0.25, -0.2) is 0 Å². The molecule has 1 aliphatic heterocycles. The third-order valence-electron chi connectivity index (χ3n) is 4.99. The van der Waals surface area contributed by atoms with Crippen molar-refractivity contribution < 1.29 is 9.59 Å². The van der Waals surface area contributed by atoms with E-state index in [0.29, 0.717) is 30.8 Å². The monoisotopic (exact) mass is 430 g/mol. The van der Waals surface area contributed by atoms with Gasteiger partial charge < -0.3 is 15.1 Å². The maximum absolute atomic E-state index is 13.3. The Morgan fingerprint density at radius 3 is 2.60 bits per heavy atom. The Morgan fingerprint density at radius 2 is 1.93 bits per heavy atom. The highest BCUT2D eigenvalue weighted by Gasteiger charge is 2.29. The van der Waals surface area contributed by atoms with E-state index in [1.807, 2.05) is 17.0 Å². The molecule has 0 radical (unpaired) electrons. The first-order chi connectivity index (χ1) is 13.8. The molecule has 7 heteroatoms. The van der Waals surface area contributed by atoms with Crippen molar-refractivity contribution in [1.29, 1.82) is 0 Å². The van der Waals surface area contributed by atoms with Gasteiger partial charge in [-0.05, 0) is 35.2 Å². The number of hydrogen-bond donors (Lipinski definition) is 1. The van der Waals surface area contributed by atoms with E-state index in [1.54, 1.807) is 48.6 Å². The molecule has 1 fully saturated rings. The van der Waals surface area contributed by atoms with Crippen molar-refractivity contribution in [1.82, 2.24) is 20.1 Å². The summed E-state index contributed by atoms with van der Waals surface area (Å²) in [7, 11) is 1.80. The molecular weight excluding hydrogens is 400 g/mol. The van der Waals surface area contributed by atoms with Crippen LogP contribution in [0.1, 0.15) is 53.1 Å². The quantitative estimate of drug-likeness (QED) is 0.807. The van der Waals surface area contributed by atoms with E-state index in [9.17, 15) is 9.59 Å². The van der Waals surface area contributed by atoms with E-state index in [0.717, 1.165) is 12.1 Å². The topological polar surface area (TPSA) is 65.5 Å². The van der Waals surface area contributed by atoms with Crippen LogP contribution in [-0.4, -0.2) is 59.8 Å². The number of hydrogen-bond acceptors (Lipinski definition) is 4. The number of carbonyl (C=O) groups excluding carboxylic acids is 2. The molecular formula is C23H31ClN4O2. The number of nitrogens with zero attached hydrogens (tertiary/aromatic N) is 3. The summed E-state index contributed by atoms with van der Waals surface area (Å²) in [5.74, 6) is -0.132. The fourth-order valence-corrected chi connectivity index (χ4v) is 3.77. The molecule has 2 heterocycles. The minimum atomic E-state index is -0.0760. The highest BCUT2D eigenvalue weighted by Crippen LogP contribution is 2.24. The largest absolute Gasteiger partial charge is 0.341 e. The van der Waals surface area contributed by atoms with Gasteiger partial charge in [0, 0.05) is 56.7 Å². The number of piperazine rings is 1. The number of rotatable bonds is 4. The van der Waals surface area contributed by atoms with Crippen molar-refractivity contribution in [2.24, 2.45) is 5.41 Å². The minimum absolute atomic E-state index is 0. The predicted molar refractivity (Wildman–Crippen MR) is 121 cm³/mol. The van der Waals surface area contributed by atoms with E-state index < -0.39 is 0 Å². The molecule has 1 aromatic heterocycles. The smallest absolute Gasteiger partial charge is 0.254 e. The molecule has 0 bridgehead atoms. The summed E-state index contributed by atoms with van der Waals surface area (Å²) in [4.78, 5) is 33.9. The zero-order chi connectivity index (χ0) is 21.0. The summed E-state index contributed by atoms with van der Waals surface area (Å²) < 4.78 is 0. The summed E-state index contributed by atoms with van der Waals surface area (Å²) in [6, 6.07) is 10.9. The van der Waals surface area contributed by atoms with Gasteiger partial charge in [0.25, 0.3) is 11.8 Å². The first-order valence-corrected chi connectivity index (χ1v) is 10.0. The number of halogens is 1. The lowest BCUT2D eigenvalue weighted by Gasteiger charge is -2.36. The molecule has 0 spiro atoms. The van der Waals surface area contributed by atoms with Crippen LogP contribution in [0.5, 0.6) is 0 Å². The molecule has 1 aromatic carbocycles. The highest BCUT2D eigenvalue weighted by molar-refractivity contribution is 5.99. The van der Waals surface area contributed by atoms with Crippen molar-refractivity contribution in [2.45, 2.75) is 26.8 Å². The Kier molecular flexibility index (Phi) is 7.98. The van der Waals surface area contributed by atoms with Crippen LogP contribution >= 0.6 is 12.4 Å². The number of amides is 2. The number of nitrogens with one attached hydrogen (secondary N) is 1. The summed E-state index contributed by atoms with van der Waals surface area (Å²) in [6.45, 7) is 8.98. The standard InChI is InChI=1S/C23H30N4O2.ClH/c1-23(2,3)16-26(4)21(28)17-7-5-8-18(13-17)22(29)27-12-11-25-15-20(27)19-9-6-10-24-14-19;/h5-10,13-14,20,25H,11-12,15-16H2,1-4H3;1H. The van der Waals surface area contributed by atoms with Crippen LogP contribution in [0.15, 0.2) is 48.8 Å². The van der Waals surface area contributed by atoms with Gasteiger partial charge in [0.2, 0.25) is 0 Å². The SMILES string of the molecule is CN(CC(C)(C)C)C(=O)c1cccc(C(=O)N2CCNCC2c2cccnc2)c1.Cl. The summed E-state index contributed by atoms with van der Waals surface area (Å²) in [6.07, 6.45) is 3.54. The minimum Gasteiger partial charge on any atom is -0.341 e. The Balaban J connectivity index is 0.00000320. The van der Waals surface area contributed by atoms with E-state index in [4.69, 9.17) is 0 Å². The van der Waals surface area contributed by atoms with E-state index in [-0.39, 0.29) is 35.7 Å². The fourth-order valence-electron chi connectivity index (χ4n) is 3.77. The molecule has 1 atom stereocenters. The summed E-state index contributed by atoms with van der Waals surface area (Å²) >= 11 is 0. The fraction of sp³-hybridized carbons (Fsp3) is 0.435. The van der Waals surface area contributed by atoms with Gasteiger partial charge in [-0.2, -0.15) is 0 Å². The van der Waals surface area contributed by atoms with E-state index in [1.165, 1.54) is 0 Å². The van der Waals surface area contributed by atoms with Crippen LogP contribution < -0.4 is 5.32 Å². The lowest BCUT2D eigenvalue weighted by molar-refractivity contribution is 0.0634. The number of carbonyl (C=O) groups is 2. The van der Waals surface area contributed by atoms with Crippen LogP contribution in [-0.2, 0) is 0 Å². The van der Waals surface area contributed by atoms with Gasteiger partial charge in [-0.15, -0.1) is 12.4 Å². The Labute approximate surface area is 185 Å². The average molecular weight is 431 g/mol. The van der Waals surface area contributed by atoms with Crippen molar-refractivity contribution >= 4 is 24.2 Å². The third kappa shape index (κ3) is 5.80. The number of benzene rings is 1. The van der Waals surface area contributed by atoms with Gasteiger partial charge in [0.1, 0.15) is 0 Å². The first-order valence-electron chi connectivity index (χ1n) is 10.0. The van der Waals surface area contributed by atoms with Crippen molar-refractivity contribution in [3.05, 3.63) is 65.5 Å². The van der Waals surface area contributed by atoms with Crippen LogP contribution in [0.4, 0.5) is 0 Å². The second-order valence-corrected chi connectivity index (χ2v) is 8.81. The molecule has 2 aromatic rings. The van der Waals surface area contributed by atoms with Crippen LogP contribution in [0.25, 0.3) is 0 Å². The molecule has 3 rings (SSSR count). The van der Waals surface area contributed by atoms with Crippen molar-refractivity contribution in [3.8, 4) is 0 Å². The Hall–Kier alpha value is -2.44. The summed E-state index contributed by atoms with van der Waals surface area (Å²) in [5, 5.41) is 3.35. The maximum Gasteiger partial charge on any atom is 0.254 e. The molecule has 162 valence electrons. The van der Waals surface area contributed by atoms with Crippen LogP contribution in [0.3, 0.4) is 0 Å². The molecule has 30 heavy (non-hydrogen) atoms. The lowest BCUT2D eigenvalue weighted by Crippen LogP contribution is -2.48. The number of pyridine rings is 1. The molecule has 0 saturated carbocycles. The molecule has 1 saturated heterocycles. The first kappa shape index (κ1) is 23.8. The lowest BCUT2D eigenvalue weighted by atomic mass is 9.96. The van der Waals surface area contributed by atoms with Crippen LogP contribution in [0.2, 0.25) is 0 Å². The maximum atomic E-state index is 13.3. The zero-order valence-electron chi connectivity index (χ0n) is 18.1.